The van der Waals surface area contributed by atoms with Gasteiger partial charge in [-0.15, -0.1) is 0 Å². The average molecular weight is 415 g/mol. The largest absolute Gasteiger partial charge is 0.493 e. The van der Waals surface area contributed by atoms with Crippen molar-refractivity contribution in [2.75, 3.05) is 33.9 Å². The van der Waals surface area contributed by atoms with E-state index in [1.807, 2.05) is 4.90 Å². The van der Waals surface area contributed by atoms with Gasteiger partial charge in [-0.25, -0.2) is 0 Å². The van der Waals surface area contributed by atoms with Gasteiger partial charge in [0, 0.05) is 25.2 Å². The van der Waals surface area contributed by atoms with Crippen LogP contribution < -0.4 is 14.8 Å². The third-order valence-corrected chi connectivity index (χ3v) is 6.28. The maximum Gasteiger partial charge on any atom is 0.251 e. The Kier molecular flexibility index (Phi) is 8.17. The zero-order valence-corrected chi connectivity index (χ0v) is 18.2. The third kappa shape index (κ3) is 6.00. The van der Waals surface area contributed by atoms with Gasteiger partial charge in [0.1, 0.15) is 0 Å². The fourth-order valence-electron chi connectivity index (χ4n) is 4.32. The molecule has 0 bridgehead atoms. The zero-order valence-electron chi connectivity index (χ0n) is 18.2. The SMILES string of the molecule is COc1ccc(C(=O)NCC2CCN(C(=O)/C=C/C3CCCCC3)CC2)cc1OC. The number of benzene rings is 1. The first kappa shape index (κ1) is 22.2. The van der Waals surface area contributed by atoms with Crippen LogP contribution in [0.3, 0.4) is 0 Å². The molecule has 1 saturated carbocycles. The Morgan fingerprint density at radius 3 is 2.40 bits per heavy atom. The number of rotatable bonds is 7. The first-order valence-corrected chi connectivity index (χ1v) is 11.1. The van der Waals surface area contributed by atoms with E-state index in [9.17, 15) is 9.59 Å². The maximum absolute atomic E-state index is 12.5. The number of likely N-dealkylation sites (tertiary alicyclic amines) is 1. The Morgan fingerprint density at radius 1 is 1.03 bits per heavy atom. The third-order valence-electron chi connectivity index (χ3n) is 6.28. The minimum atomic E-state index is -0.120. The molecule has 0 aromatic heterocycles. The fraction of sp³-hybridized carbons (Fsp3) is 0.583. The number of amides is 2. The van der Waals surface area contributed by atoms with E-state index in [1.54, 1.807) is 38.5 Å². The quantitative estimate of drug-likeness (QED) is 0.689. The number of piperidine rings is 1. The summed E-state index contributed by atoms with van der Waals surface area (Å²) >= 11 is 0. The summed E-state index contributed by atoms with van der Waals surface area (Å²) in [5, 5.41) is 3.02. The molecule has 0 spiro atoms. The number of nitrogens with one attached hydrogen (secondary N) is 1. The molecule has 0 unspecified atom stereocenters. The summed E-state index contributed by atoms with van der Waals surface area (Å²) in [6.07, 6.45) is 12.1. The highest BCUT2D eigenvalue weighted by molar-refractivity contribution is 5.94. The van der Waals surface area contributed by atoms with Gasteiger partial charge in [-0.3, -0.25) is 9.59 Å². The molecule has 2 amide bonds. The molecule has 1 aromatic rings. The van der Waals surface area contributed by atoms with Crippen LogP contribution in [0.4, 0.5) is 0 Å². The topological polar surface area (TPSA) is 67.9 Å². The van der Waals surface area contributed by atoms with E-state index < -0.39 is 0 Å². The molecule has 6 heteroatoms. The number of nitrogens with zero attached hydrogens (tertiary/aromatic N) is 1. The van der Waals surface area contributed by atoms with Crippen LogP contribution in [0.5, 0.6) is 11.5 Å². The van der Waals surface area contributed by atoms with Crippen LogP contribution in [-0.4, -0.2) is 50.6 Å². The van der Waals surface area contributed by atoms with Gasteiger partial charge < -0.3 is 19.7 Å². The lowest BCUT2D eigenvalue weighted by Crippen LogP contribution is -2.41. The molecule has 6 nitrogen and oxygen atoms in total. The summed E-state index contributed by atoms with van der Waals surface area (Å²) in [5.74, 6) is 2.12. The summed E-state index contributed by atoms with van der Waals surface area (Å²) in [5.41, 5.74) is 0.549. The van der Waals surface area contributed by atoms with Crippen molar-refractivity contribution >= 4 is 11.8 Å². The van der Waals surface area contributed by atoms with E-state index in [0.29, 0.717) is 35.4 Å². The maximum atomic E-state index is 12.5. The summed E-state index contributed by atoms with van der Waals surface area (Å²) in [6, 6.07) is 5.16. The van der Waals surface area contributed by atoms with Gasteiger partial charge in [-0.05, 0) is 61.8 Å². The standard InChI is InChI=1S/C24H34N2O4/c1-29-21-10-9-20(16-22(21)30-2)24(28)25-17-19-12-14-26(15-13-19)23(27)11-8-18-6-4-3-5-7-18/h8-11,16,18-19H,3-7,12-15,17H2,1-2H3,(H,25,28)/b11-8+. The molecule has 1 aliphatic heterocycles. The van der Waals surface area contributed by atoms with Crippen LogP contribution in [0.15, 0.2) is 30.4 Å². The van der Waals surface area contributed by atoms with Crippen molar-refractivity contribution in [2.45, 2.75) is 44.9 Å². The minimum absolute atomic E-state index is 0.120. The van der Waals surface area contributed by atoms with Crippen molar-refractivity contribution in [3.8, 4) is 11.5 Å². The molecular formula is C24H34N2O4. The molecule has 2 aliphatic rings. The Morgan fingerprint density at radius 2 is 1.73 bits per heavy atom. The van der Waals surface area contributed by atoms with Crippen molar-refractivity contribution in [2.24, 2.45) is 11.8 Å². The van der Waals surface area contributed by atoms with Gasteiger partial charge in [0.05, 0.1) is 14.2 Å². The van der Waals surface area contributed by atoms with Crippen molar-refractivity contribution in [1.82, 2.24) is 10.2 Å². The monoisotopic (exact) mass is 414 g/mol. The molecule has 1 N–H and O–H groups in total. The second kappa shape index (κ2) is 11.0. The van der Waals surface area contributed by atoms with E-state index in [0.717, 1.165) is 25.9 Å². The highest BCUT2D eigenvalue weighted by Gasteiger charge is 2.22. The van der Waals surface area contributed by atoms with Crippen molar-refractivity contribution in [3.05, 3.63) is 35.9 Å². The normalized spacial score (nSPS) is 18.4. The van der Waals surface area contributed by atoms with Crippen molar-refractivity contribution in [3.63, 3.8) is 0 Å². The first-order chi connectivity index (χ1) is 14.6. The minimum Gasteiger partial charge on any atom is -0.493 e. The lowest BCUT2D eigenvalue weighted by molar-refractivity contribution is -0.127. The predicted molar refractivity (Wildman–Crippen MR) is 117 cm³/mol. The molecule has 1 heterocycles. The number of methoxy groups -OCH3 is 2. The molecule has 2 fully saturated rings. The lowest BCUT2D eigenvalue weighted by Gasteiger charge is -2.31. The van der Waals surface area contributed by atoms with Gasteiger partial charge in [0.25, 0.3) is 5.91 Å². The number of hydrogen-bond acceptors (Lipinski definition) is 4. The molecule has 3 rings (SSSR count). The van der Waals surface area contributed by atoms with Gasteiger partial charge in [-0.2, -0.15) is 0 Å². The molecule has 1 aromatic carbocycles. The number of hydrogen-bond donors (Lipinski definition) is 1. The number of allylic oxidation sites excluding steroid dienone is 1. The van der Waals surface area contributed by atoms with Gasteiger partial charge >= 0.3 is 0 Å². The average Bonchev–Trinajstić information content (AvgIpc) is 2.81. The van der Waals surface area contributed by atoms with Crippen molar-refractivity contribution < 1.29 is 19.1 Å². The van der Waals surface area contributed by atoms with E-state index in [2.05, 4.69) is 11.4 Å². The summed E-state index contributed by atoms with van der Waals surface area (Å²) < 4.78 is 10.5. The number of carbonyl (C=O) groups excluding carboxylic acids is 2. The van der Waals surface area contributed by atoms with E-state index in [1.165, 1.54) is 32.1 Å². The predicted octanol–water partition coefficient (Wildman–Crippen LogP) is 3.81. The van der Waals surface area contributed by atoms with Crippen LogP contribution >= 0.6 is 0 Å². The van der Waals surface area contributed by atoms with Crippen LogP contribution in [0.1, 0.15) is 55.3 Å². The molecule has 0 atom stereocenters. The Labute approximate surface area is 179 Å². The number of ether oxygens (including phenoxy) is 2. The first-order valence-electron chi connectivity index (χ1n) is 11.1. The smallest absolute Gasteiger partial charge is 0.251 e. The summed E-state index contributed by atoms with van der Waals surface area (Å²) in [6.45, 7) is 2.13. The molecular weight excluding hydrogens is 380 g/mol. The Balaban J connectivity index is 1.41. The van der Waals surface area contributed by atoms with E-state index >= 15 is 0 Å². The van der Waals surface area contributed by atoms with Gasteiger partial charge in [0.15, 0.2) is 11.5 Å². The summed E-state index contributed by atoms with van der Waals surface area (Å²) in [4.78, 5) is 26.9. The van der Waals surface area contributed by atoms with Crippen LogP contribution in [0.2, 0.25) is 0 Å². The molecule has 1 saturated heterocycles. The highest BCUT2D eigenvalue weighted by atomic mass is 16.5. The zero-order chi connectivity index (χ0) is 21.3. The molecule has 30 heavy (non-hydrogen) atoms. The Hall–Kier alpha value is -2.50. The van der Waals surface area contributed by atoms with Gasteiger partial charge in [-0.1, -0.05) is 25.3 Å². The van der Waals surface area contributed by atoms with Crippen LogP contribution in [-0.2, 0) is 4.79 Å². The van der Waals surface area contributed by atoms with E-state index in [4.69, 9.17) is 9.47 Å². The molecule has 164 valence electrons. The number of carbonyl (C=O) groups is 2. The van der Waals surface area contributed by atoms with Crippen LogP contribution in [0.25, 0.3) is 0 Å². The van der Waals surface area contributed by atoms with Gasteiger partial charge in [0.2, 0.25) is 5.91 Å². The second-order valence-electron chi connectivity index (χ2n) is 8.31. The highest BCUT2D eigenvalue weighted by Crippen LogP contribution is 2.28. The lowest BCUT2D eigenvalue weighted by atomic mass is 9.89. The summed E-state index contributed by atoms with van der Waals surface area (Å²) in [7, 11) is 3.12. The molecule has 0 radical (unpaired) electrons. The fourth-order valence-corrected chi connectivity index (χ4v) is 4.32. The Bertz CT molecular complexity index is 748. The van der Waals surface area contributed by atoms with Crippen LogP contribution in [0, 0.1) is 11.8 Å². The second-order valence-corrected chi connectivity index (χ2v) is 8.31. The molecule has 1 aliphatic carbocycles. The van der Waals surface area contributed by atoms with Crippen molar-refractivity contribution in [1.29, 1.82) is 0 Å². The van der Waals surface area contributed by atoms with E-state index in [-0.39, 0.29) is 11.8 Å².